The molecule has 6 nitrogen and oxygen atoms in total. The molecule has 0 amide bonds. The van der Waals surface area contributed by atoms with Crippen LogP contribution in [0.15, 0.2) is 12.2 Å². The molecule has 0 aliphatic carbocycles. The van der Waals surface area contributed by atoms with Crippen molar-refractivity contribution in [2.24, 2.45) is 0 Å². The van der Waals surface area contributed by atoms with Crippen molar-refractivity contribution in [1.29, 1.82) is 0 Å². The Balaban J connectivity index is 0. The molecule has 0 aromatic carbocycles. The molecule has 2 N–H and O–H groups in total. The second-order valence-corrected chi connectivity index (χ2v) is 3.94. The predicted molar refractivity (Wildman–Crippen MR) is 60.1 cm³/mol. The average molecular weight is 247 g/mol. The summed E-state index contributed by atoms with van der Waals surface area (Å²) in [6.07, 6.45) is -0.603. The van der Waals surface area contributed by atoms with Crippen molar-refractivity contribution in [3.8, 4) is 0 Å². The van der Waals surface area contributed by atoms with Crippen LogP contribution in [0.5, 0.6) is 0 Å². The lowest BCUT2D eigenvalue weighted by Crippen LogP contribution is -3.07. The lowest BCUT2D eigenvalue weighted by Gasteiger charge is -2.13. The van der Waals surface area contributed by atoms with Gasteiger partial charge in [0.05, 0.1) is 14.1 Å². The molecule has 0 aliphatic rings. The van der Waals surface area contributed by atoms with Crippen molar-refractivity contribution in [3.63, 3.8) is 0 Å². The Kier molecular flexibility index (Phi) is 10.4. The lowest BCUT2D eigenvalue weighted by atomic mass is 10.3. The zero-order valence-corrected chi connectivity index (χ0v) is 10.8. The second kappa shape index (κ2) is 9.80. The highest BCUT2D eigenvalue weighted by atomic mass is 16.5. The minimum absolute atomic E-state index is 0.0386. The van der Waals surface area contributed by atoms with Crippen LogP contribution >= 0.6 is 0 Å². The summed E-state index contributed by atoms with van der Waals surface area (Å²) in [5.41, 5.74) is 0.351. The van der Waals surface area contributed by atoms with Crippen LogP contribution in [0, 0.1) is 0 Å². The quantitative estimate of drug-likeness (QED) is 0.409. The maximum Gasteiger partial charge on any atom is 0.333 e. The van der Waals surface area contributed by atoms with Crippen molar-refractivity contribution in [3.05, 3.63) is 12.2 Å². The fourth-order valence-electron chi connectivity index (χ4n) is 0.825. The van der Waals surface area contributed by atoms with E-state index in [0.717, 1.165) is 11.8 Å². The summed E-state index contributed by atoms with van der Waals surface area (Å²) in [5, 5.41) is 18.2. The van der Waals surface area contributed by atoms with Crippen molar-refractivity contribution < 1.29 is 29.4 Å². The highest BCUT2D eigenvalue weighted by Gasteiger charge is 2.11. The fourth-order valence-corrected chi connectivity index (χ4v) is 0.825. The number of aliphatic carboxylic acids is 1. The number of ether oxygens (including phenoxy) is 1. The number of aliphatic hydroxyl groups excluding tert-OH is 1. The fraction of sp³-hybridized carbons (Fsp3) is 0.636. The van der Waals surface area contributed by atoms with Gasteiger partial charge in [-0.05, 0) is 13.8 Å². The van der Waals surface area contributed by atoms with Gasteiger partial charge in [0.15, 0.2) is 0 Å². The Labute approximate surface area is 101 Å². The summed E-state index contributed by atoms with van der Waals surface area (Å²) in [6, 6.07) is 0. The molecule has 0 radical (unpaired) electrons. The van der Waals surface area contributed by atoms with Crippen molar-refractivity contribution in [2.75, 3.05) is 27.2 Å². The minimum atomic E-state index is -1.08. The number of quaternary nitrogens is 1. The molecule has 100 valence electrons. The number of carboxylic acid groups (broad SMARTS) is 1. The zero-order valence-electron chi connectivity index (χ0n) is 10.8. The number of carboxylic acids is 1. The summed E-state index contributed by atoms with van der Waals surface area (Å²) in [7, 11) is 3.84. The Hall–Kier alpha value is -1.40. The third kappa shape index (κ3) is 17.2. The van der Waals surface area contributed by atoms with Gasteiger partial charge in [-0.15, -0.1) is 0 Å². The molecule has 0 aliphatic heterocycles. The molecular formula is C11H21NO5. The number of aliphatic hydroxyl groups is 1. The summed E-state index contributed by atoms with van der Waals surface area (Å²) in [6.45, 7) is 6.58. The van der Waals surface area contributed by atoms with E-state index in [-0.39, 0.29) is 6.61 Å². The molecule has 17 heavy (non-hydrogen) atoms. The monoisotopic (exact) mass is 247 g/mol. The molecule has 0 saturated heterocycles. The number of hydrogen-bond acceptors (Lipinski definition) is 5. The van der Waals surface area contributed by atoms with Crippen LogP contribution in [-0.4, -0.2) is 50.4 Å². The summed E-state index contributed by atoms with van der Waals surface area (Å²) < 4.78 is 4.76. The highest BCUT2D eigenvalue weighted by Crippen LogP contribution is 1.92. The Morgan fingerprint density at radius 1 is 1.41 bits per heavy atom. The standard InChI is InChI=1S/C9H17NO3.C2H4O2/c1-7(2)9(12)13-6-8(11)5-10(3)4;1-2(3)4/h8,11H,1,5-6H2,2-4H3;1H3,(H,3,4). The van der Waals surface area contributed by atoms with Crippen LogP contribution in [0.4, 0.5) is 0 Å². The van der Waals surface area contributed by atoms with Crippen molar-refractivity contribution >= 4 is 11.9 Å². The van der Waals surface area contributed by atoms with Crippen molar-refractivity contribution in [1.82, 2.24) is 0 Å². The molecule has 0 saturated carbocycles. The van der Waals surface area contributed by atoms with Gasteiger partial charge in [-0.3, -0.25) is 0 Å². The topological polar surface area (TPSA) is 91.1 Å². The summed E-state index contributed by atoms with van der Waals surface area (Å²) >= 11 is 0. The SMILES string of the molecule is C=C(C)C(=O)OCC(O)C[NH+](C)C.CC(=O)[O-]. The van der Waals surface area contributed by atoms with Crippen LogP contribution in [0.3, 0.4) is 0 Å². The molecule has 0 bridgehead atoms. The molecule has 0 heterocycles. The van der Waals surface area contributed by atoms with E-state index < -0.39 is 18.0 Å². The van der Waals surface area contributed by atoms with E-state index in [1.165, 1.54) is 0 Å². The van der Waals surface area contributed by atoms with Gasteiger partial charge >= 0.3 is 5.97 Å². The van der Waals surface area contributed by atoms with Gasteiger partial charge in [-0.1, -0.05) is 6.58 Å². The highest BCUT2D eigenvalue weighted by molar-refractivity contribution is 5.86. The molecule has 0 spiro atoms. The Bertz CT molecular complexity index is 259. The number of esters is 1. The van der Waals surface area contributed by atoms with Gasteiger partial charge in [0.2, 0.25) is 0 Å². The summed E-state index contributed by atoms with van der Waals surface area (Å²) in [4.78, 5) is 20.9. The molecule has 6 heteroatoms. The number of rotatable bonds is 5. The van der Waals surface area contributed by atoms with Crippen molar-refractivity contribution in [2.45, 2.75) is 20.0 Å². The van der Waals surface area contributed by atoms with Gasteiger partial charge in [0.25, 0.3) is 0 Å². The third-order valence-corrected chi connectivity index (χ3v) is 1.40. The van der Waals surface area contributed by atoms with E-state index in [1.54, 1.807) is 6.92 Å². The van der Waals surface area contributed by atoms with Gasteiger partial charge in [0, 0.05) is 11.5 Å². The molecular weight excluding hydrogens is 226 g/mol. The number of carbonyl (C=O) groups excluding carboxylic acids is 2. The molecule has 0 rings (SSSR count). The van der Waals surface area contributed by atoms with Gasteiger partial charge < -0.3 is 24.6 Å². The third-order valence-electron chi connectivity index (χ3n) is 1.40. The van der Waals surface area contributed by atoms with E-state index in [2.05, 4.69) is 6.58 Å². The first kappa shape index (κ1) is 18.0. The molecule has 1 unspecified atom stereocenters. The average Bonchev–Trinajstić information content (AvgIpc) is 2.11. The largest absolute Gasteiger partial charge is 0.550 e. The van der Waals surface area contributed by atoms with Gasteiger partial charge in [0.1, 0.15) is 19.3 Å². The van der Waals surface area contributed by atoms with Gasteiger partial charge in [-0.25, -0.2) is 4.79 Å². The minimum Gasteiger partial charge on any atom is -0.550 e. The van der Waals surface area contributed by atoms with Crippen LogP contribution in [0.25, 0.3) is 0 Å². The molecule has 1 atom stereocenters. The predicted octanol–water partition coefficient (Wildman–Crippen LogP) is -2.63. The maximum atomic E-state index is 10.9. The van der Waals surface area contributed by atoms with Crippen LogP contribution in [-0.2, 0) is 14.3 Å². The number of hydrogen-bond donors (Lipinski definition) is 2. The van der Waals surface area contributed by atoms with Crippen LogP contribution in [0.2, 0.25) is 0 Å². The van der Waals surface area contributed by atoms with E-state index in [4.69, 9.17) is 14.6 Å². The molecule has 0 aromatic heterocycles. The molecule has 0 fully saturated rings. The van der Waals surface area contributed by atoms with Crippen LogP contribution in [0.1, 0.15) is 13.8 Å². The number of carbonyl (C=O) groups is 2. The first-order chi connectivity index (χ1) is 7.66. The summed E-state index contributed by atoms with van der Waals surface area (Å²) in [5.74, 6) is -1.53. The zero-order chi connectivity index (χ0) is 14.0. The number of nitrogens with one attached hydrogen (secondary N) is 1. The maximum absolute atomic E-state index is 10.9. The van der Waals surface area contributed by atoms with Gasteiger partial charge in [-0.2, -0.15) is 0 Å². The second-order valence-electron chi connectivity index (χ2n) is 3.94. The normalized spacial score (nSPS) is 11.2. The van der Waals surface area contributed by atoms with E-state index >= 15 is 0 Å². The Morgan fingerprint density at radius 3 is 2.12 bits per heavy atom. The van der Waals surface area contributed by atoms with E-state index in [1.807, 2.05) is 14.1 Å². The molecule has 0 aromatic rings. The first-order valence-corrected chi connectivity index (χ1v) is 5.14. The number of likely N-dealkylation sites (N-methyl/N-ethyl adjacent to an activating group) is 1. The first-order valence-electron chi connectivity index (χ1n) is 5.14. The smallest absolute Gasteiger partial charge is 0.333 e. The van der Waals surface area contributed by atoms with E-state index in [9.17, 15) is 9.90 Å². The van der Waals surface area contributed by atoms with E-state index in [0.29, 0.717) is 12.1 Å². The lowest BCUT2D eigenvalue weighted by molar-refractivity contribution is -0.861. The van der Waals surface area contributed by atoms with Crippen LogP contribution < -0.4 is 10.0 Å². The Morgan fingerprint density at radius 2 is 1.82 bits per heavy atom.